The van der Waals surface area contributed by atoms with Crippen molar-refractivity contribution in [2.24, 2.45) is 11.7 Å². The van der Waals surface area contributed by atoms with Gasteiger partial charge in [-0.05, 0) is 37.2 Å². The fourth-order valence-corrected chi connectivity index (χ4v) is 3.02. The minimum atomic E-state index is -0.996. The molecule has 8 heteroatoms. The van der Waals surface area contributed by atoms with E-state index in [1.807, 2.05) is 20.1 Å². The Bertz CT molecular complexity index is 444. The molecule has 2 amide bonds. The molecule has 0 aliphatic carbocycles. The van der Waals surface area contributed by atoms with Gasteiger partial charge in [-0.15, -0.1) is 0 Å². The molecule has 1 heterocycles. The van der Waals surface area contributed by atoms with Gasteiger partial charge in [-0.25, -0.2) is 4.79 Å². The van der Waals surface area contributed by atoms with Crippen LogP contribution in [-0.2, 0) is 14.4 Å². The molecule has 1 aliphatic rings. The molecule has 0 spiro atoms. The maximum Gasteiger partial charge on any atom is 0.326 e. The molecule has 0 bridgehead atoms. The zero-order chi connectivity index (χ0) is 17.6. The van der Waals surface area contributed by atoms with Crippen LogP contribution in [0.5, 0.6) is 0 Å². The van der Waals surface area contributed by atoms with Crippen LogP contribution in [0.25, 0.3) is 0 Å². The Kier molecular flexibility index (Phi) is 7.84. The first-order valence-electron chi connectivity index (χ1n) is 7.87. The molecule has 4 N–H and O–H groups in total. The molecule has 7 nitrogen and oxygen atoms in total. The van der Waals surface area contributed by atoms with E-state index in [4.69, 9.17) is 5.73 Å². The average molecular weight is 345 g/mol. The van der Waals surface area contributed by atoms with Gasteiger partial charge >= 0.3 is 5.97 Å². The van der Waals surface area contributed by atoms with Crippen molar-refractivity contribution >= 4 is 29.5 Å². The zero-order valence-electron chi connectivity index (χ0n) is 13.9. The van der Waals surface area contributed by atoms with Crippen molar-refractivity contribution in [1.29, 1.82) is 0 Å². The second kappa shape index (κ2) is 9.12. The summed E-state index contributed by atoms with van der Waals surface area (Å²) in [6.07, 6.45) is 3.49. The summed E-state index contributed by atoms with van der Waals surface area (Å²) in [6, 6.07) is -2.21. The number of nitrogens with one attached hydrogen (secondary N) is 1. The van der Waals surface area contributed by atoms with E-state index in [0.717, 1.165) is 0 Å². The number of amides is 2. The molecule has 0 aromatic heterocycles. The number of hydrogen-bond donors (Lipinski definition) is 3. The van der Waals surface area contributed by atoms with E-state index in [2.05, 4.69) is 5.32 Å². The highest BCUT2D eigenvalue weighted by molar-refractivity contribution is 7.98. The lowest BCUT2D eigenvalue weighted by Gasteiger charge is -2.28. The number of thioether (sulfide) groups is 1. The zero-order valence-corrected chi connectivity index (χ0v) is 14.8. The average Bonchev–Trinajstić information content (AvgIpc) is 2.99. The standard InChI is InChI=1S/C15H27N3O4S/c1-9(2)12(16)13(19)17-10(6-8-23-3)14(20)18-7-4-5-11(18)15(21)22/h9-12H,4-8,16H2,1-3H3,(H,17,19)(H,21,22)/t10-,11-,12-/m0/s1. The van der Waals surface area contributed by atoms with Crippen LogP contribution in [0.2, 0.25) is 0 Å². The summed E-state index contributed by atoms with van der Waals surface area (Å²) in [5.74, 6) is -1.03. The predicted molar refractivity (Wildman–Crippen MR) is 90.1 cm³/mol. The van der Waals surface area contributed by atoms with Gasteiger partial charge in [0.25, 0.3) is 0 Å². The topological polar surface area (TPSA) is 113 Å². The Balaban J connectivity index is 2.82. The highest BCUT2D eigenvalue weighted by Gasteiger charge is 2.37. The van der Waals surface area contributed by atoms with Crippen LogP contribution in [0.15, 0.2) is 0 Å². The molecule has 1 rings (SSSR count). The fourth-order valence-electron chi connectivity index (χ4n) is 2.55. The molecule has 0 aromatic carbocycles. The SMILES string of the molecule is CSCC[C@H](NC(=O)[C@@H](N)C(C)C)C(=O)N1CCC[C@H]1C(=O)O. The molecule has 1 aliphatic heterocycles. The summed E-state index contributed by atoms with van der Waals surface area (Å²) in [5, 5.41) is 11.9. The van der Waals surface area contributed by atoms with Crippen molar-refractivity contribution in [3.8, 4) is 0 Å². The van der Waals surface area contributed by atoms with Gasteiger partial charge in [0.15, 0.2) is 0 Å². The van der Waals surface area contributed by atoms with E-state index in [9.17, 15) is 19.5 Å². The van der Waals surface area contributed by atoms with E-state index < -0.39 is 24.1 Å². The van der Waals surface area contributed by atoms with Gasteiger partial charge in [-0.3, -0.25) is 9.59 Å². The molecule has 23 heavy (non-hydrogen) atoms. The lowest BCUT2D eigenvalue weighted by molar-refractivity contribution is -0.149. The largest absolute Gasteiger partial charge is 0.480 e. The highest BCUT2D eigenvalue weighted by atomic mass is 32.2. The van der Waals surface area contributed by atoms with Crippen LogP contribution in [-0.4, -0.2) is 64.5 Å². The molecular weight excluding hydrogens is 318 g/mol. The summed E-state index contributed by atoms with van der Waals surface area (Å²) >= 11 is 1.57. The number of aliphatic carboxylic acids is 1. The predicted octanol–water partition coefficient (Wildman–Crippen LogP) is 0.283. The van der Waals surface area contributed by atoms with Gasteiger partial charge < -0.3 is 21.1 Å². The maximum absolute atomic E-state index is 12.7. The van der Waals surface area contributed by atoms with Crippen LogP contribution >= 0.6 is 11.8 Å². The summed E-state index contributed by atoms with van der Waals surface area (Å²) in [4.78, 5) is 37.5. The molecule has 132 valence electrons. The van der Waals surface area contributed by atoms with E-state index in [1.54, 1.807) is 11.8 Å². The van der Waals surface area contributed by atoms with Crippen LogP contribution in [0.4, 0.5) is 0 Å². The van der Waals surface area contributed by atoms with Gasteiger partial charge in [0, 0.05) is 6.54 Å². The van der Waals surface area contributed by atoms with Crippen LogP contribution in [0.3, 0.4) is 0 Å². The maximum atomic E-state index is 12.7. The van der Waals surface area contributed by atoms with Crippen LogP contribution in [0.1, 0.15) is 33.1 Å². The number of hydrogen-bond acceptors (Lipinski definition) is 5. The lowest BCUT2D eigenvalue weighted by Crippen LogP contribution is -2.55. The van der Waals surface area contributed by atoms with E-state index >= 15 is 0 Å². The van der Waals surface area contributed by atoms with Gasteiger partial charge in [-0.1, -0.05) is 13.8 Å². The summed E-state index contributed by atoms with van der Waals surface area (Å²) in [6.45, 7) is 4.09. The molecular formula is C15H27N3O4S. The number of carboxylic acid groups (broad SMARTS) is 1. The van der Waals surface area contributed by atoms with Gasteiger partial charge in [0.05, 0.1) is 6.04 Å². The normalized spacial score (nSPS) is 20.4. The Morgan fingerprint density at radius 3 is 2.57 bits per heavy atom. The number of nitrogens with two attached hydrogens (primary N) is 1. The minimum Gasteiger partial charge on any atom is -0.480 e. The van der Waals surface area contributed by atoms with Crippen molar-refractivity contribution in [2.75, 3.05) is 18.6 Å². The van der Waals surface area contributed by atoms with Crippen molar-refractivity contribution in [2.45, 2.75) is 51.2 Å². The second-order valence-electron chi connectivity index (χ2n) is 6.14. The smallest absolute Gasteiger partial charge is 0.326 e. The molecule has 1 saturated heterocycles. The molecule has 0 aromatic rings. The van der Waals surface area contributed by atoms with Gasteiger partial charge in [0.2, 0.25) is 11.8 Å². The first-order valence-corrected chi connectivity index (χ1v) is 9.27. The lowest BCUT2D eigenvalue weighted by atomic mass is 10.0. The monoisotopic (exact) mass is 345 g/mol. The highest BCUT2D eigenvalue weighted by Crippen LogP contribution is 2.19. The number of carbonyl (C=O) groups excluding carboxylic acids is 2. The molecule has 3 atom stereocenters. The van der Waals surface area contributed by atoms with Crippen molar-refractivity contribution in [3.05, 3.63) is 0 Å². The number of likely N-dealkylation sites (tertiary alicyclic amines) is 1. The summed E-state index contributed by atoms with van der Waals surface area (Å²) in [7, 11) is 0. The first kappa shape index (κ1) is 19.8. The van der Waals surface area contributed by atoms with Gasteiger partial charge in [0.1, 0.15) is 12.1 Å². The Morgan fingerprint density at radius 1 is 1.39 bits per heavy atom. The Morgan fingerprint density at radius 2 is 2.04 bits per heavy atom. The quantitative estimate of drug-likeness (QED) is 0.582. The van der Waals surface area contributed by atoms with Crippen LogP contribution in [0, 0.1) is 5.92 Å². The first-order chi connectivity index (χ1) is 10.8. The van der Waals surface area contributed by atoms with E-state index in [1.165, 1.54) is 4.90 Å². The summed E-state index contributed by atoms with van der Waals surface area (Å²) < 4.78 is 0. The third-order valence-corrected chi connectivity index (χ3v) is 4.71. The molecule has 0 saturated carbocycles. The number of carbonyl (C=O) groups is 3. The van der Waals surface area contributed by atoms with Crippen molar-refractivity contribution in [3.63, 3.8) is 0 Å². The third-order valence-electron chi connectivity index (χ3n) is 4.07. The van der Waals surface area contributed by atoms with Gasteiger partial charge in [-0.2, -0.15) is 11.8 Å². The molecule has 0 unspecified atom stereocenters. The number of nitrogens with zero attached hydrogens (tertiary/aromatic N) is 1. The van der Waals surface area contributed by atoms with Crippen molar-refractivity contribution < 1.29 is 19.5 Å². The van der Waals surface area contributed by atoms with Crippen molar-refractivity contribution in [1.82, 2.24) is 10.2 Å². The molecule has 1 fully saturated rings. The Labute approximate surface area is 141 Å². The fraction of sp³-hybridized carbons (Fsp3) is 0.800. The Hall–Kier alpha value is -1.28. The van der Waals surface area contributed by atoms with Crippen LogP contribution < -0.4 is 11.1 Å². The number of rotatable bonds is 8. The van der Waals surface area contributed by atoms with E-state index in [-0.39, 0.29) is 17.7 Å². The third kappa shape index (κ3) is 5.39. The number of carboxylic acids is 1. The van der Waals surface area contributed by atoms with E-state index in [0.29, 0.717) is 31.6 Å². The molecule has 0 radical (unpaired) electrons. The minimum absolute atomic E-state index is 0.0372. The second-order valence-corrected chi connectivity index (χ2v) is 7.13. The summed E-state index contributed by atoms with van der Waals surface area (Å²) in [5.41, 5.74) is 5.83.